The molecule has 2 rings (SSSR count). The van der Waals surface area contributed by atoms with Gasteiger partial charge in [0.1, 0.15) is 5.56 Å². The van der Waals surface area contributed by atoms with E-state index in [0.717, 1.165) is 5.56 Å². The SMILES string of the molecule is COc1ccc(CNc2nnccc2C(=O)O)cn1. The van der Waals surface area contributed by atoms with Gasteiger partial charge in [0.05, 0.1) is 13.3 Å². The first-order chi connectivity index (χ1) is 9.20. The van der Waals surface area contributed by atoms with Gasteiger partial charge in [-0.25, -0.2) is 9.78 Å². The van der Waals surface area contributed by atoms with Crippen LogP contribution < -0.4 is 10.1 Å². The predicted molar refractivity (Wildman–Crippen MR) is 67.1 cm³/mol. The molecule has 0 fully saturated rings. The maximum atomic E-state index is 11.0. The van der Waals surface area contributed by atoms with Gasteiger partial charge < -0.3 is 15.2 Å². The van der Waals surface area contributed by atoms with E-state index in [4.69, 9.17) is 9.84 Å². The molecule has 0 unspecified atom stereocenters. The summed E-state index contributed by atoms with van der Waals surface area (Å²) in [5.74, 6) is -0.300. The number of aromatic nitrogens is 3. The molecule has 19 heavy (non-hydrogen) atoms. The Balaban J connectivity index is 2.07. The number of carboxylic acids is 1. The molecule has 0 saturated heterocycles. The van der Waals surface area contributed by atoms with E-state index in [1.54, 1.807) is 19.4 Å². The van der Waals surface area contributed by atoms with Crippen LogP contribution in [0.2, 0.25) is 0 Å². The first-order valence-electron chi connectivity index (χ1n) is 5.48. The Kier molecular flexibility index (Phi) is 3.87. The van der Waals surface area contributed by atoms with E-state index >= 15 is 0 Å². The van der Waals surface area contributed by atoms with Crippen LogP contribution in [0.1, 0.15) is 15.9 Å². The molecule has 2 aromatic heterocycles. The van der Waals surface area contributed by atoms with E-state index in [0.29, 0.717) is 12.4 Å². The van der Waals surface area contributed by atoms with E-state index in [2.05, 4.69) is 20.5 Å². The third-order valence-electron chi connectivity index (χ3n) is 2.42. The zero-order valence-electron chi connectivity index (χ0n) is 10.2. The molecular weight excluding hydrogens is 248 g/mol. The Morgan fingerprint density at radius 3 is 2.89 bits per heavy atom. The first kappa shape index (κ1) is 12.7. The van der Waals surface area contributed by atoms with Gasteiger partial charge in [-0.15, -0.1) is 5.10 Å². The Morgan fingerprint density at radius 1 is 1.42 bits per heavy atom. The molecule has 2 heterocycles. The summed E-state index contributed by atoms with van der Waals surface area (Å²) in [5, 5.41) is 19.3. The molecule has 0 bridgehead atoms. The Morgan fingerprint density at radius 2 is 2.26 bits per heavy atom. The lowest BCUT2D eigenvalue weighted by molar-refractivity contribution is 0.0697. The summed E-state index contributed by atoms with van der Waals surface area (Å²) in [6.07, 6.45) is 2.98. The van der Waals surface area contributed by atoms with Gasteiger partial charge in [0.2, 0.25) is 5.88 Å². The number of ether oxygens (including phenoxy) is 1. The highest BCUT2D eigenvalue weighted by atomic mass is 16.5. The summed E-state index contributed by atoms with van der Waals surface area (Å²) < 4.78 is 4.95. The largest absolute Gasteiger partial charge is 0.481 e. The molecule has 7 heteroatoms. The van der Waals surface area contributed by atoms with Gasteiger partial charge in [-0.2, -0.15) is 5.10 Å². The molecule has 0 saturated carbocycles. The summed E-state index contributed by atoms with van der Waals surface area (Å²) in [7, 11) is 1.54. The number of aromatic carboxylic acids is 1. The van der Waals surface area contributed by atoms with Crippen molar-refractivity contribution < 1.29 is 14.6 Å². The number of nitrogens with one attached hydrogen (secondary N) is 1. The van der Waals surface area contributed by atoms with Crippen molar-refractivity contribution in [3.8, 4) is 5.88 Å². The van der Waals surface area contributed by atoms with Crippen LogP contribution in [0.3, 0.4) is 0 Å². The number of carbonyl (C=O) groups is 1. The van der Waals surface area contributed by atoms with Gasteiger partial charge in [-0.05, 0) is 11.6 Å². The van der Waals surface area contributed by atoms with Crippen molar-refractivity contribution >= 4 is 11.8 Å². The second kappa shape index (κ2) is 5.76. The molecule has 0 spiro atoms. The van der Waals surface area contributed by atoms with Gasteiger partial charge in [0, 0.05) is 18.8 Å². The van der Waals surface area contributed by atoms with Gasteiger partial charge in [-0.1, -0.05) is 6.07 Å². The average molecular weight is 260 g/mol. The molecule has 0 amide bonds. The van der Waals surface area contributed by atoms with Crippen LogP contribution in [0.5, 0.6) is 5.88 Å². The van der Waals surface area contributed by atoms with Crippen LogP contribution in [0, 0.1) is 0 Å². The van der Waals surface area contributed by atoms with Crippen LogP contribution in [-0.2, 0) is 6.54 Å². The fourth-order valence-electron chi connectivity index (χ4n) is 1.46. The van der Waals surface area contributed by atoms with E-state index in [1.807, 2.05) is 6.07 Å². The topological polar surface area (TPSA) is 97.2 Å². The molecule has 2 aromatic rings. The minimum absolute atomic E-state index is 0.0801. The highest BCUT2D eigenvalue weighted by Crippen LogP contribution is 2.12. The van der Waals surface area contributed by atoms with Gasteiger partial charge in [-0.3, -0.25) is 0 Å². The van der Waals surface area contributed by atoms with E-state index in [9.17, 15) is 4.79 Å². The summed E-state index contributed by atoms with van der Waals surface area (Å²) in [5.41, 5.74) is 0.958. The highest BCUT2D eigenvalue weighted by Gasteiger charge is 2.10. The smallest absolute Gasteiger partial charge is 0.339 e. The average Bonchev–Trinajstić information content (AvgIpc) is 2.46. The quantitative estimate of drug-likeness (QED) is 0.833. The molecule has 0 aromatic carbocycles. The Labute approximate surface area is 109 Å². The zero-order chi connectivity index (χ0) is 13.7. The van der Waals surface area contributed by atoms with Gasteiger partial charge in [0.25, 0.3) is 0 Å². The van der Waals surface area contributed by atoms with Crippen molar-refractivity contribution in [1.29, 1.82) is 0 Å². The standard InChI is InChI=1S/C12H12N4O3/c1-19-10-3-2-8(6-13-10)7-14-11-9(12(17)18)4-5-15-16-11/h2-6H,7H2,1H3,(H,14,16)(H,17,18). The minimum atomic E-state index is -1.05. The molecule has 0 atom stereocenters. The van der Waals surface area contributed by atoms with Crippen LogP contribution >= 0.6 is 0 Å². The number of pyridine rings is 1. The van der Waals surface area contributed by atoms with Crippen LogP contribution in [-0.4, -0.2) is 33.4 Å². The molecule has 0 aliphatic carbocycles. The lowest BCUT2D eigenvalue weighted by Crippen LogP contribution is -2.09. The van der Waals surface area contributed by atoms with Crippen LogP contribution in [0.15, 0.2) is 30.6 Å². The third kappa shape index (κ3) is 3.15. The maximum absolute atomic E-state index is 11.0. The number of methoxy groups -OCH3 is 1. The zero-order valence-corrected chi connectivity index (χ0v) is 10.2. The maximum Gasteiger partial charge on any atom is 0.339 e. The summed E-state index contributed by atoms with van der Waals surface area (Å²) in [6.45, 7) is 0.399. The van der Waals surface area contributed by atoms with Crippen LogP contribution in [0.25, 0.3) is 0 Å². The fraction of sp³-hybridized carbons (Fsp3) is 0.167. The van der Waals surface area contributed by atoms with Gasteiger partial charge in [0.15, 0.2) is 5.82 Å². The van der Waals surface area contributed by atoms with Crippen molar-refractivity contribution in [3.63, 3.8) is 0 Å². The number of hydrogen-bond donors (Lipinski definition) is 2. The molecule has 0 radical (unpaired) electrons. The highest BCUT2D eigenvalue weighted by molar-refractivity contribution is 5.92. The number of hydrogen-bond acceptors (Lipinski definition) is 6. The molecule has 98 valence electrons. The van der Waals surface area contributed by atoms with Crippen molar-refractivity contribution in [1.82, 2.24) is 15.2 Å². The first-order valence-corrected chi connectivity index (χ1v) is 5.48. The third-order valence-corrected chi connectivity index (χ3v) is 2.42. The van der Waals surface area contributed by atoms with Crippen molar-refractivity contribution in [2.75, 3.05) is 12.4 Å². The molecule has 7 nitrogen and oxygen atoms in total. The Bertz CT molecular complexity index is 571. The summed E-state index contributed by atoms with van der Waals surface area (Å²) in [6, 6.07) is 4.95. The van der Waals surface area contributed by atoms with Gasteiger partial charge >= 0.3 is 5.97 Å². The molecule has 0 aliphatic rings. The van der Waals surface area contributed by atoms with Crippen molar-refractivity contribution in [2.24, 2.45) is 0 Å². The lowest BCUT2D eigenvalue weighted by atomic mass is 10.2. The second-order valence-electron chi connectivity index (χ2n) is 3.66. The molecule has 2 N–H and O–H groups in total. The molecule has 0 aliphatic heterocycles. The normalized spacial score (nSPS) is 9.95. The lowest BCUT2D eigenvalue weighted by Gasteiger charge is -2.07. The fourth-order valence-corrected chi connectivity index (χ4v) is 1.46. The predicted octanol–water partition coefficient (Wildman–Crippen LogP) is 1.19. The van der Waals surface area contributed by atoms with Crippen molar-refractivity contribution in [2.45, 2.75) is 6.54 Å². The minimum Gasteiger partial charge on any atom is -0.481 e. The summed E-state index contributed by atoms with van der Waals surface area (Å²) >= 11 is 0. The number of nitrogens with zero attached hydrogens (tertiary/aromatic N) is 3. The number of anilines is 1. The van der Waals surface area contributed by atoms with Crippen molar-refractivity contribution in [3.05, 3.63) is 41.7 Å². The van der Waals surface area contributed by atoms with E-state index < -0.39 is 5.97 Å². The summed E-state index contributed by atoms with van der Waals surface area (Å²) in [4.78, 5) is 15.0. The van der Waals surface area contributed by atoms with E-state index in [-0.39, 0.29) is 11.4 Å². The van der Waals surface area contributed by atoms with E-state index in [1.165, 1.54) is 12.3 Å². The Hall–Kier alpha value is -2.70. The monoisotopic (exact) mass is 260 g/mol. The molecular formula is C12H12N4O3. The van der Waals surface area contributed by atoms with Crippen LogP contribution in [0.4, 0.5) is 5.82 Å². The number of carboxylic acid groups (broad SMARTS) is 1. The number of rotatable bonds is 5. The second-order valence-corrected chi connectivity index (χ2v) is 3.66.